The van der Waals surface area contributed by atoms with Crippen LogP contribution in [0, 0.1) is 5.82 Å². The fraction of sp³-hybridized carbons (Fsp3) is 0.333. The van der Waals surface area contributed by atoms with E-state index >= 15 is 0 Å². The molecule has 4 aromatic rings. The Labute approximate surface area is 200 Å². The van der Waals surface area contributed by atoms with E-state index in [1.807, 2.05) is 24.4 Å². The van der Waals surface area contributed by atoms with Crippen molar-refractivity contribution in [1.82, 2.24) is 30.1 Å². The van der Waals surface area contributed by atoms with Gasteiger partial charge >= 0.3 is 6.43 Å². The van der Waals surface area contributed by atoms with E-state index in [9.17, 15) is 13.2 Å². The summed E-state index contributed by atoms with van der Waals surface area (Å²) >= 11 is 0. The quantitative estimate of drug-likeness (QED) is 0.406. The average Bonchev–Trinajstić information content (AvgIpc) is 3.51. The minimum absolute atomic E-state index is 0.0386. The lowest BCUT2D eigenvalue weighted by atomic mass is 10.1. The predicted octanol–water partition coefficient (Wildman–Crippen LogP) is 4.26. The molecule has 3 heterocycles. The molecule has 0 aliphatic carbocycles. The van der Waals surface area contributed by atoms with E-state index in [0.29, 0.717) is 23.5 Å². The first kappa shape index (κ1) is 23.0. The lowest BCUT2D eigenvalue weighted by Crippen LogP contribution is -2.50. The number of rotatable bonds is 6. The van der Waals surface area contributed by atoms with Gasteiger partial charge in [0.05, 0.1) is 18.4 Å². The van der Waals surface area contributed by atoms with Crippen LogP contribution in [0.2, 0.25) is 0 Å². The standard InChI is InChI=1S/C24H24F3N7O/c1-15-12-32(2)9-10-34(15)21-11-18(7-8-19(21)25)20-14-33(31-28-20)13-16-3-5-17(6-4-16)23-29-30-24(35-23)22(26)27/h3-8,11,14-15,22H,9-10,12-13H2,1-2H3/t15-/m0/s1. The van der Waals surface area contributed by atoms with Gasteiger partial charge in [0.1, 0.15) is 11.5 Å². The van der Waals surface area contributed by atoms with Crippen LogP contribution < -0.4 is 4.90 Å². The van der Waals surface area contributed by atoms with Crippen molar-refractivity contribution in [3.05, 3.63) is 65.9 Å². The number of likely N-dealkylation sites (N-methyl/N-ethyl adjacent to an activating group) is 1. The van der Waals surface area contributed by atoms with Crippen molar-refractivity contribution in [1.29, 1.82) is 0 Å². The molecule has 0 N–H and O–H groups in total. The highest BCUT2D eigenvalue weighted by molar-refractivity contribution is 5.66. The van der Waals surface area contributed by atoms with Crippen LogP contribution in [-0.4, -0.2) is 62.8 Å². The van der Waals surface area contributed by atoms with Gasteiger partial charge in [-0.2, -0.15) is 8.78 Å². The van der Waals surface area contributed by atoms with E-state index in [0.717, 1.165) is 30.8 Å². The van der Waals surface area contributed by atoms with Gasteiger partial charge in [0.15, 0.2) is 0 Å². The monoisotopic (exact) mass is 483 g/mol. The molecule has 11 heteroatoms. The fourth-order valence-corrected chi connectivity index (χ4v) is 4.28. The normalized spacial score (nSPS) is 16.9. The van der Waals surface area contributed by atoms with Crippen LogP contribution in [0.25, 0.3) is 22.7 Å². The zero-order valence-electron chi connectivity index (χ0n) is 19.3. The molecule has 1 fully saturated rings. The molecule has 0 unspecified atom stereocenters. The van der Waals surface area contributed by atoms with E-state index in [2.05, 4.69) is 44.3 Å². The van der Waals surface area contributed by atoms with Gasteiger partial charge in [-0.3, -0.25) is 0 Å². The minimum atomic E-state index is -2.81. The molecular weight excluding hydrogens is 459 g/mol. The number of benzene rings is 2. The van der Waals surface area contributed by atoms with Crippen LogP contribution in [0.15, 0.2) is 53.1 Å². The van der Waals surface area contributed by atoms with Gasteiger partial charge < -0.3 is 14.2 Å². The van der Waals surface area contributed by atoms with E-state index in [4.69, 9.17) is 4.42 Å². The van der Waals surface area contributed by atoms with Crippen LogP contribution in [0.3, 0.4) is 0 Å². The highest BCUT2D eigenvalue weighted by Crippen LogP contribution is 2.29. The number of anilines is 1. The number of hydrogen-bond acceptors (Lipinski definition) is 7. The van der Waals surface area contributed by atoms with Crippen LogP contribution in [0.4, 0.5) is 18.9 Å². The Bertz CT molecular complexity index is 1300. The van der Waals surface area contributed by atoms with Crippen molar-refractivity contribution in [2.24, 2.45) is 0 Å². The zero-order valence-corrected chi connectivity index (χ0v) is 19.3. The van der Waals surface area contributed by atoms with Gasteiger partial charge in [-0.1, -0.05) is 17.3 Å². The van der Waals surface area contributed by atoms with Crippen LogP contribution in [-0.2, 0) is 6.54 Å². The van der Waals surface area contributed by atoms with Gasteiger partial charge in [0, 0.05) is 36.8 Å². The molecule has 5 rings (SSSR count). The van der Waals surface area contributed by atoms with Crippen LogP contribution in [0.5, 0.6) is 0 Å². The molecule has 0 spiro atoms. The first-order chi connectivity index (χ1) is 16.9. The summed E-state index contributed by atoms with van der Waals surface area (Å²) in [6.07, 6.45) is -0.996. The molecule has 1 aliphatic rings. The van der Waals surface area contributed by atoms with E-state index in [1.54, 1.807) is 22.9 Å². The lowest BCUT2D eigenvalue weighted by Gasteiger charge is -2.40. The predicted molar refractivity (Wildman–Crippen MR) is 124 cm³/mol. The van der Waals surface area contributed by atoms with E-state index < -0.39 is 12.3 Å². The first-order valence-electron chi connectivity index (χ1n) is 11.2. The molecular formula is C24H24F3N7O. The third-order valence-electron chi connectivity index (χ3n) is 6.09. The molecule has 1 atom stereocenters. The van der Waals surface area contributed by atoms with Gasteiger partial charge in [0.2, 0.25) is 5.89 Å². The number of hydrogen-bond donors (Lipinski definition) is 0. The Morgan fingerprint density at radius 2 is 1.80 bits per heavy atom. The Balaban J connectivity index is 1.30. The third-order valence-corrected chi connectivity index (χ3v) is 6.09. The largest absolute Gasteiger partial charge is 0.415 e. The molecule has 2 aromatic carbocycles. The summed E-state index contributed by atoms with van der Waals surface area (Å²) in [7, 11) is 2.07. The van der Waals surface area contributed by atoms with Crippen molar-refractivity contribution in [3.8, 4) is 22.7 Å². The maximum atomic E-state index is 14.7. The maximum Gasteiger partial charge on any atom is 0.314 e. The van der Waals surface area contributed by atoms with Gasteiger partial charge in [0.25, 0.3) is 5.89 Å². The van der Waals surface area contributed by atoms with Gasteiger partial charge in [-0.05, 0) is 49.9 Å². The van der Waals surface area contributed by atoms with Crippen molar-refractivity contribution >= 4 is 5.69 Å². The second kappa shape index (κ2) is 9.49. The number of nitrogens with zero attached hydrogens (tertiary/aromatic N) is 7. The summed E-state index contributed by atoms with van der Waals surface area (Å²) in [6, 6.07) is 12.3. The third kappa shape index (κ3) is 4.90. The molecule has 2 aromatic heterocycles. The summed E-state index contributed by atoms with van der Waals surface area (Å²) in [5, 5.41) is 15.5. The van der Waals surface area contributed by atoms with Gasteiger partial charge in [-0.25, -0.2) is 9.07 Å². The summed E-state index contributed by atoms with van der Waals surface area (Å²) in [5.41, 5.74) is 3.48. The minimum Gasteiger partial charge on any atom is -0.415 e. The highest BCUT2D eigenvalue weighted by atomic mass is 19.3. The molecule has 182 valence electrons. The van der Waals surface area contributed by atoms with E-state index in [1.165, 1.54) is 6.07 Å². The smallest absolute Gasteiger partial charge is 0.314 e. The molecule has 0 amide bonds. The van der Waals surface area contributed by atoms with Crippen LogP contribution in [0.1, 0.15) is 24.8 Å². The lowest BCUT2D eigenvalue weighted by molar-refractivity contribution is 0.116. The summed E-state index contributed by atoms with van der Waals surface area (Å²) in [5.74, 6) is -0.915. The molecule has 0 bridgehead atoms. The number of halogens is 3. The molecule has 8 nitrogen and oxygen atoms in total. The summed E-state index contributed by atoms with van der Waals surface area (Å²) < 4.78 is 46.7. The molecule has 1 aliphatic heterocycles. The van der Waals surface area contributed by atoms with Crippen LogP contribution >= 0.6 is 0 Å². The second-order valence-corrected chi connectivity index (χ2v) is 8.72. The summed E-state index contributed by atoms with van der Waals surface area (Å²) in [6.45, 7) is 5.05. The highest BCUT2D eigenvalue weighted by Gasteiger charge is 2.24. The second-order valence-electron chi connectivity index (χ2n) is 8.72. The Hall–Kier alpha value is -3.73. The number of aromatic nitrogens is 5. The SMILES string of the molecule is C[C@H]1CN(C)CCN1c1cc(-c2cn(Cc3ccc(-c4nnc(C(F)F)o4)cc3)nn2)ccc1F. The fourth-order valence-electron chi connectivity index (χ4n) is 4.28. The number of alkyl halides is 2. The van der Waals surface area contributed by atoms with Crippen molar-refractivity contribution < 1.29 is 17.6 Å². The summed E-state index contributed by atoms with van der Waals surface area (Å²) in [4.78, 5) is 4.34. The Kier molecular flexibility index (Phi) is 6.25. The van der Waals surface area contributed by atoms with Gasteiger partial charge in [-0.15, -0.1) is 15.3 Å². The maximum absolute atomic E-state index is 14.7. The molecule has 0 saturated carbocycles. The topological polar surface area (TPSA) is 76.1 Å². The van der Waals surface area contributed by atoms with E-state index in [-0.39, 0.29) is 17.7 Å². The average molecular weight is 483 g/mol. The number of piperazine rings is 1. The molecule has 0 radical (unpaired) electrons. The van der Waals surface area contributed by atoms with Crippen molar-refractivity contribution in [3.63, 3.8) is 0 Å². The Morgan fingerprint density at radius 3 is 2.51 bits per heavy atom. The first-order valence-corrected chi connectivity index (χ1v) is 11.2. The van der Waals surface area contributed by atoms with Crippen molar-refractivity contribution in [2.45, 2.75) is 25.9 Å². The zero-order chi connectivity index (χ0) is 24.5. The Morgan fingerprint density at radius 1 is 1.03 bits per heavy atom. The molecule has 1 saturated heterocycles. The molecule has 35 heavy (non-hydrogen) atoms. The van der Waals surface area contributed by atoms with Crippen molar-refractivity contribution in [2.75, 3.05) is 31.6 Å².